The summed E-state index contributed by atoms with van der Waals surface area (Å²) in [4.78, 5) is 16.7. The van der Waals surface area contributed by atoms with Gasteiger partial charge < -0.3 is 14.6 Å². The smallest absolute Gasteiger partial charge is 0.258 e. The molecule has 1 heterocycles. The van der Waals surface area contributed by atoms with Crippen molar-refractivity contribution in [1.29, 1.82) is 0 Å². The number of imidazole rings is 1. The lowest BCUT2D eigenvalue weighted by Gasteiger charge is -2.19. The fourth-order valence-corrected chi connectivity index (χ4v) is 2.91. The SMILES string of the molecule is Cn1ccnc1C(NC(=O)COc1cc(Cl)ccc1Cl)c1cccc(F)c1. The van der Waals surface area contributed by atoms with Crippen LogP contribution < -0.4 is 10.1 Å². The van der Waals surface area contributed by atoms with Gasteiger partial charge in [0.2, 0.25) is 0 Å². The average Bonchev–Trinajstić information content (AvgIpc) is 3.06. The molecular formula is C19H16Cl2FN3O2. The van der Waals surface area contributed by atoms with Crippen LogP contribution in [0.1, 0.15) is 17.4 Å². The number of ether oxygens (including phenoxy) is 1. The number of carbonyl (C=O) groups is 1. The van der Waals surface area contributed by atoms with E-state index in [1.165, 1.54) is 18.2 Å². The Bertz CT molecular complexity index is 962. The highest BCUT2D eigenvalue weighted by Crippen LogP contribution is 2.27. The summed E-state index contributed by atoms with van der Waals surface area (Å²) in [5, 5.41) is 3.61. The van der Waals surface area contributed by atoms with Crippen molar-refractivity contribution in [3.8, 4) is 5.75 Å². The maximum absolute atomic E-state index is 13.7. The van der Waals surface area contributed by atoms with Gasteiger partial charge in [-0.1, -0.05) is 35.3 Å². The van der Waals surface area contributed by atoms with Crippen molar-refractivity contribution in [2.24, 2.45) is 7.05 Å². The normalized spacial score (nSPS) is 11.9. The number of aromatic nitrogens is 2. The second-order valence-electron chi connectivity index (χ2n) is 5.82. The predicted molar refractivity (Wildman–Crippen MR) is 102 cm³/mol. The zero-order valence-electron chi connectivity index (χ0n) is 14.3. The summed E-state index contributed by atoms with van der Waals surface area (Å²) < 4.78 is 20.9. The monoisotopic (exact) mass is 407 g/mol. The van der Waals surface area contributed by atoms with Crippen LogP contribution in [-0.2, 0) is 11.8 Å². The van der Waals surface area contributed by atoms with Crippen LogP contribution in [0.5, 0.6) is 5.75 Å². The van der Waals surface area contributed by atoms with E-state index >= 15 is 0 Å². The van der Waals surface area contributed by atoms with Crippen LogP contribution in [0.15, 0.2) is 54.9 Å². The third-order valence-electron chi connectivity index (χ3n) is 3.86. The molecule has 3 aromatic rings. The van der Waals surface area contributed by atoms with Gasteiger partial charge in [0.05, 0.1) is 5.02 Å². The molecule has 1 amide bonds. The third kappa shape index (κ3) is 4.78. The van der Waals surface area contributed by atoms with Gasteiger partial charge in [0, 0.05) is 30.5 Å². The molecule has 8 heteroatoms. The lowest BCUT2D eigenvalue weighted by molar-refractivity contribution is -0.123. The number of carbonyl (C=O) groups excluding carboxylic acids is 1. The molecule has 0 aliphatic heterocycles. The molecule has 0 saturated heterocycles. The van der Waals surface area contributed by atoms with Crippen LogP contribution in [0.3, 0.4) is 0 Å². The van der Waals surface area contributed by atoms with Crippen LogP contribution in [0.2, 0.25) is 10.0 Å². The van der Waals surface area contributed by atoms with Gasteiger partial charge in [-0.3, -0.25) is 4.79 Å². The van der Waals surface area contributed by atoms with Crippen LogP contribution in [0, 0.1) is 5.82 Å². The minimum atomic E-state index is -0.633. The number of rotatable bonds is 6. The molecule has 140 valence electrons. The minimum Gasteiger partial charge on any atom is -0.482 e. The van der Waals surface area contributed by atoms with Gasteiger partial charge in [-0.25, -0.2) is 9.37 Å². The molecule has 0 radical (unpaired) electrons. The average molecular weight is 408 g/mol. The fraction of sp³-hybridized carbons (Fsp3) is 0.158. The molecule has 0 spiro atoms. The number of hydrogen-bond donors (Lipinski definition) is 1. The van der Waals surface area contributed by atoms with Crippen molar-refractivity contribution in [2.75, 3.05) is 6.61 Å². The number of benzene rings is 2. The second kappa shape index (κ2) is 8.41. The summed E-state index contributed by atoms with van der Waals surface area (Å²) in [7, 11) is 1.79. The van der Waals surface area contributed by atoms with Gasteiger partial charge >= 0.3 is 0 Å². The third-order valence-corrected chi connectivity index (χ3v) is 4.40. The van der Waals surface area contributed by atoms with Crippen molar-refractivity contribution in [2.45, 2.75) is 6.04 Å². The summed E-state index contributed by atoms with van der Waals surface area (Å²) in [6.07, 6.45) is 3.35. The number of nitrogens with one attached hydrogen (secondary N) is 1. The van der Waals surface area contributed by atoms with E-state index in [9.17, 15) is 9.18 Å². The van der Waals surface area contributed by atoms with E-state index < -0.39 is 17.8 Å². The largest absolute Gasteiger partial charge is 0.482 e. The van der Waals surface area contributed by atoms with E-state index in [2.05, 4.69) is 10.3 Å². The highest BCUT2D eigenvalue weighted by molar-refractivity contribution is 6.34. The molecule has 5 nitrogen and oxygen atoms in total. The maximum atomic E-state index is 13.7. The van der Waals surface area contributed by atoms with Crippen LogP contribution in [0.25, 0.3) is 0 Å². The molecule has 1 unspecified atom stereocenters. The number of nitrogens with zero attached hydrogens (tertiary/aromatic N) is 2. The van der Waals surface area contributed by atoms with Crippen LogP contribution in [-0.4, -0.2) is 22.1 Å². The zero-order chi connectivity index (χ0) is 19.4. The summed E-state index contributed by atoms with van der Waals surface area (Å²) >= 11 is 11.9. The van der Waals surface area contributed by atoms with Gasteiger partial charge in [-0.2, -0.15) is 0 Å². The summed E-state index contributed by atoms with van der Waals surface area (Å²) in [5.41, 5.74) is 0.568. The molecule has 2 aromatic carbocycles. The van der Waals surface area contributed by atoms with E-state index in [0.717, 1.165) is 0 Å². The Morgan fingerprint density at radius 1 is 1.30 bits per heavy atom. The molecule has 0 saturated carbocycles. The fourth-order valence-electron chi connectivity index (χ4n) is 2.57. The number of hydrogen-bond acceptors (Lipinski definition) is 3. The number of halogens is 3. The topological polar surface area (TPSA) is 56.2 Å². The van der Waals surface area contributed by atoms with Gasteiger partial charge in [0.15, 0.2) is 6.61 Å². The maximum Gasteiger partial charge on any atom is 0.258 e. The summed E-state index contributed by atoms with van der Waals surface area (Å²) in [6.45, 7) is -0.281. The zero-order valence-corrected chi connectivity index (χ0v) is 15.8. The Morgan fingerprint density at radius 3 is 2.81 bits per heavy atom. The summed E-state index contributed by atoms with van der Waals surface area (Å²) in [5.74, 6) is 0.0552. The first-order valence-corrected chi connectivity index (χ1v) is 8.79. The molecule has 0 aliphatic rings. The number of aryl methyl sites for hydroxylation is 1. The van der Waals surface area contributed by atoms with Crippen molar-refractivity contribution in [3.63, 3.8) is 0 Å². The molecule has 3 rings (SSSR count). The van der Waals surface area contributed by atoms with Crippen LogP contribution >= 0.6 is 23.2 Å². The van der Waals surface area contributed by atoms with Crippen molar-refractivity contribution in [1.82, 2.24) is 14.9 Å². The van der Waals surface area contributed by atoms with Crippen molar-refractivity contribution < 1.29 is 13.9 Å². The van der Waals surface area contributed by atoms with E-state index in [1.807, 2.05) is 0 Å². The number of amides is 1. The first-order valence-electron chi connectivity index (χ1n) is 8.04. The second-order valence-corrected chi connectivity index (χ2v) is 6.66. The minimum absolute atomic E-state index is 0.281. The molecule has 0 aliphatic carbocycles. The van der Waals surface area contributed by atoms with E-state index in [4.69, 9.17) is 27.9 Å². The predicted octanol–water partition coefficient (Wildman–Crippen LogP) is 4.15. The molecule has 1 aromatic heterocycles. The van der Waals surface area contributed by atoms with Crippen molar-refractivity contribution in [3.05, 3.63) is 82.1 Å². The van der Waals surface area contributed by atoms with Crippen LogP contribution in [0.4, 0.5) is 4.39 Å². The molecule has 0 bridgehead atoms. The molecule has 1 atom stereocenters. The van der Waals surface area contributed by atoms with E-state index in [1.54, 1.807) is 48.3 Å². The van der Waals surface area contributed by atoms with Gasteiger partial charge in [0.1, 0.15) is 23.4 Å². The Balaban J connectivity index is 1.77. The molecule has 0 fully saturated rings. The van der Waals surface area contributed by atoms with Gasteiger partial charge in [0.25, 0.3) is 5.91 Å². The first kappa shape index (κ1) is 19.2. The Morgan fingerprint density at radius 2 is 2.11 bits per heavy atom. The van der Waals surface area contributed by atoms with Gasteiger partial charge in [-0.05, 0) is 29.8 Å². The van der Waals surface area contributed by atoms with Gasteiger partial charge in [-0.15, -0.1) is 0 Å². The highest BCUT2D eigenvalue weighted by Gasteiger charge is 2.21. The lowest BCUT2D eigenvalue weighted by Crippen LogP contribution is -2.34. The summed E-state index contributed by atoms with van der Waals surface area (Å²) in [6, 6.07) is 10.1. The lowest BCUT2D eigenvalue weighted by atomic mass is 10.1. The van der Waals surface area contributed by atoms with E-state index in [-0.39, 0.29) is 6.61 Å². The van der Waals surface area contributed by atoms with Crippen molar-refractivity contribution >= 4 is 29.1 Å². The Hall–Kier alpha value is -2.57. The quantitative estimate of drug-likeness (QED) is 0.667. The molecular weight excluding hydrogens is 392 g/mol. The Kier molecular flexibility index (Phi) is 5.98. The molecule has 27 heavy (non-hydrogen) atoms. The first-order chi connectivity index (χ1) is 12.9. The standard InChI is InChI=1S/C19H16Cl2FN3O2/c1-25-8-7-23-19(25)18(12-3-2-4-14(22)9-12)24-17(26)11-27-16-10-13(20)5-6-15(16)21/h2-10,18H,11H2,1H3,(H,24,26). The Labute approximate surface area is 165 Å². The highest BCUT2D eigenvalue weighted by atomic mass is 35.5. The van der Waals surface area contributed by atoms with E-state index in [0.29, 0.717) is 27.2 Å². The molecule has 1 N–H and O–H groups in total.